The van der Waals surface area contributed by atoms with E-state index in [1.807, 2.05) is 0 Å². The first-order valence-corrected chi connectivity index (χ1v) is 8.48. The van der Waals surface area contributed by atoms with Gasteiger partial charge in [0.2, 0.25) is 18.1 Å². The molecular formula is C18H22O10. The van der Waals surface area contributed by atoms with Gasteiger partial charge in [0, 0.05) is 27.2 Å². The van der Waals surface area contributed by atoms with E-state index in [2.05, 4.69) is 0 Å². The molecule has 0 aliphatic carbocycles. The smallest absolute Gasteiger partial charge is 0.303 e. The van der Waals surface area contributed by atoms with E-state index in [1.165, 1.54) is 39.0 Å². The number of rotatable bonds is 6. The predicted molar refractivity (Wildman–Crippen MR) is 91.4 cm³/mol. The maximum Gasteiger partial charge on any atom is 0.303 e. The molecule has 10 heteroatoms. The van der Waals surface area contributed by atoms with Gasteiger partial charge in [0.25, 0.3) is 0 Å². The Balaban J connectivity index is 2.30. The minimum absolute atomic E-state index is 0.0800. The van der Waals surface area contributed by atoms with Crippen LogP contribution in [-0.2, 0) is 33.3 Å². The van der Waals surface area contributed by atoms with Crippen LogP contribution in [0.25, 0.3) is 0 Å². The van der Waals surface area contributed by atoms with E-state index in [4.69, 9.17) is 23.7 Å². The summed E-state index contributed by atoms with van der Waals surface area (Å²) in [6.45, 7) is 3.44. The van der Waals surface area contributed by atoms with Gasteiger partial charge in [-0.3, -0.25) is 14.4 Å². The van der Waals surface area contributed by atoms with Crippen LogP contribution >= 0.6 is 0 Å². The summed E-state index contributed by atoms with van der Waals surface area (Å²) in [5.41, 5.74) is 0. The number of aromatic hydroxyl groups is 2. The molecule has 0 amide bonds. The summed E-state index contributed by atoms with van der Waals surface area (Å²) in [4.78, 5) is 34.1. The number of hydrogen-bond acceptors (Lipinski definition) is 10. The average Bonchev–Trinajstić information content (AvgIpc) is 2.59. The number of carbonyl (C=O) groups excluding carboxylic acids is 3. The highest BCUT2D eigenvalue weighted by Crippen LogP contribution is 2.37. The van der Waals surface area contributed by atoms with Crippen LogP contribution in [0.15, 0.2) is 18.2 Å². The number of phenolic OH excluding ortho intramolecular Hbond substituents is 2. The maximum absolute atomic E-state index is 11.5. The molecule has 154 valence electrons. The fraction of sp³-hybridized carbons (Fsp3) is 0.500. The van der Waals surface area contributed by atoms with E-state index in [0.29, 0.717) is 0 Å². The number of para-hydroxylation sites is 1. The number of carbonyl (C=O) groups is 3. The molecule has 1 aliphatic rings. The van der Waals surface area contributed by atoms with E-state index < -0.39 is 54.0 Å². The third-order valence-electron chi connectivity index (χ3n) is 3.77. The highest BCUT2D eigenvalue weighted by atomic mass is 16.7. The van der Waals surface area contributed by atoms with Crippen LogP contribution in [0.1, 0.15) is 27.2 Å². The van der Waals surface area contributed by atoms with Crippen molar-refractivity contribution < 1.29 is 48.3 Å². The Bertz CT molecular complexity index is 731. The van der Waals surface area contributed by atoms with Crippen molar-refractivity contribution in [1.82, 2.24) is 0 Å². The maximum atomic E-state index is 11.5. The molecule has 1 aromatic carbocycles. The van der Waals surface area contributed by atoms with Gasteiger partial charge in [0.1, 0.15) is 12.7 Å². The van der Waals surface area contributed by atoms with Crippen LogP contribution in [0, 0.1) is 0 Å². The molecule has 0 spiro atoms. The van der Waals surface area contributed by atoms with Gasteiger partial charge >= 0.3 is 17.9 Å². The van der Waals surface area contributed by atoms with Gasteiger partial charge in [-0.05, 0) is 12.1 Å². The number of esters is 3. The summed E-state index contributed by atoms with van der Waals surface area (Å²) >= 11 is 0. The molecule has 0 aromatic heterocycles. The van der Waals surface area contributed by atoms with Crippen molar-refractivity contribution in [3.8, 4) is 17.2 Å². The Labute approximate surface area is 160 Å². The highest BCUT2D eigenvalue weighted by Gasteiger charge is 2.45. The van der Waals surface area contributed by atoms with Gasteiger partial charge in [-0.15, -0.1) is 0 Å². The Morgan fingerprint density at radius 2 is 1.75 bits per heavy atom. The number of ether oxygens (including phenoxy) is 5. The zero-order valence-electron chi connectivity index (χ0n) is 15.6. The van der Waals surface area contributed by atoms with Crippen molar-refractivity contribution in [2.24, 2.45) is 0 Å². The average molecular weight is 398 g/mol. The molecule has 0 bridgehead atoms. The van der Waals surface area contributed by atoms with Crippen molar-refractivity contribution >= 4 is 17.9 Å². The largest absolute Gasteiger partial charge is 0.504 e. The molecule has 1 fully saturated rings. The summed E-state index contributed by atoms with van der Waals surface area (Å²) in [6.07, 6.45) is -4.06. The summed E-state index contributed by atoms with van der Waals surface area (Å²) in [5, 5.41) is 19.6. The third kappa shape index (κ3) is 5.74. The van der Waals surface area contributed by atoms with Crippen molar-refractivity contribution in [2.45, 2.75) is 51.8 Å². The Hall–Kier alpha value is -3.01. The molecule has 28 heavy (non-hydrogen) atoms. The first-order valence-electron chi connectivity index (χ1n) is 8.48. The second-order valence-corrected chi connectivity index (χ2v) is 6.13. The lowest BCUT2D eigenvalue weighted by Crippen LogP contribution is -2.55. The number of benzene rings is 1. The zero-order chi connectivity index (χ0) is 20.8. The molecule has 1 heterocycles. The molecule has 2 rings (SSSR count). The molecule has 0 radical (unpaired) electrons. The van der Waals surface area contributed by atoms with Crippen LogP contribution < -0.4 is 4.74 Å². The summed E-state index contributed by atoms with van der Waals surface area (Å²) < 4.78 is 26.7. The molecule has 0 saturated carbocycles. The minimum atomic E-state index is -1.31. The Kier molecular flexibility index (Phi) is 7.05. The molecule has 4 atom stereocenters. The molecule has 10 nitrogen and oxygen atoms in total. The fourth-order valence-corrected chi connectivity index (χ4v) is 2.69. The van der Waals surface area contributed by atoms with E-state index in [0.717, 1.165) is 0 Å². The van der Waals surface area contributed by atoms with Gasteiger partial charge in [-0.2, -0.15) is 0 Å². The van der Waals surface area contributed by atoms with E-state index >= 15 is 0 Å². The molecule has 1 saturated heterocycles. The minimum Gasteiger partial charge on any atom is -0.504 e. The second-order valence-electron chi connectivity index (χ2n) is 6.13. The van der Waals surface area contributed by atoms with Crippen LogP contribution in [0.2, 0.25) is 0 Å². The Morgan fingerprint density at radius 3 is 2.36 bits per heavy atom. The lowest BCUT2D eigenvalue weighted by molar-refractivity contribution is -0.255. The first kappa shape index (κ1) is 21.3. The van der Waals surface area contributed by atoms with E-state index in [9.17, 15) is 24.6 Å². The van der Waals surface area contributed by atoms with Gasteiger partial charge < -0.3 is 33.9 Å². The van der Waals surface area contributed by atoms with Gasteiger partial charge in [0.15, 0.2) is 11.5 Å². The van der Waals surface area contributed by atoms with Crippen LogP contribution in [0.4, 0.5) is 0 Å². The SMILES string of the molecule is CC(=O)OC[C@@H]1C[C@H](OC(C)=O)[C@@H](OC(C)=O)[C@H](Oc2cccc(O)c2O)O1. The van der Waals surface area contributed by atoms with Gasteiger partial charge in [-0.25, -0.2) is 0 Å². The Morgan fingerprint density at radius 1 is 1.07 bits per heavy atom. The zero-order valence-corrected chi connectivity index (χ0v) is 15.6. The standard InChI is InChI=1S/C18H22O10/c1-9(19)24-8-12-7-15(25-10(2)20)17(26-11(3)21)18(27-12)28-14-6-4-5-13(22)16(14)23/h4-6,12,15,17-18,22-23H,7-8H2,1-3H3/t12-,15-,17+,18-/m0/s1. The lowest BCUT2D eigenvalue weighted by Gasteiger charge is -2.39. The third-order valence-corrected chi connectivity index (χ3v) is 3.77. The molecule has 1 aliphatic heterocycles. The lowest BCUT2D eigenvalue weighted by atomic mass is 10.0. The van der Waals surface area contributed by atoms with Crippen LogP contribution in [-0.4, -0.2) is 59.3 Å². The van der Waals surface area contributed by atoms with E-state index in [1.54, 1.807) is 0 Å². The van der Waals surface area contributed by atoms with Crippen molar-refractivity contribution in [1.29, 1.82) is 0 Å². The van der Waals surface area contributed by atoms with Crippen LogP contribution in [0.3, 0.4) is 0 Å². The first-order chi connectivity index (χ1) is 13.2. The van der Waals surface area contributed by atoms with Gasteiger partial charge in [0.05, 0.1) is 6.10 Å². The normalized spacial score (nSPS) is 24.1. The second kappa shape index (κ2) is 9.27. The van der Waals surface area contributed by atoms with E-state index in [-0.39, 0.29) is 18.8 Å². The summed E-state index contributed by atoms with van der Waals surface area (Å²) in [5.74, 6) is -2.92. The number of hydrogen-bond donors (Lipinski definition) is 2. The monoisotopic (exact) mass is 398 g/mol. The number of phenols is 2. The quantitative estimate of drug-likeness (QED) is 0.406. The highest BCUT2D eigenvalue weighted by molar-refractivity contribution is 5.67. The molecule has 1 aromatic rings. The van der Waals surface area contributed by atoms with Crippen LogP contribution in [0.5, 0.6) is 17.2 Å². The molecular weight excluding hydrogens is 376 g/mol. The van der Waals surface area contributed by atoms with Crippen molar-refractivity contribution in [2.75, 3.05) is 6.61 Å². The van der Waals surface area contributed by atoms with Crippen molar-refractivity contribution in [3.05, 3.63) is 18.2 Å². The molecule has 0 unspecified atom stereocenters. The summed E-state index contributed by atoms with van der Waals surface area (Å²) in [7, 11) is 0. The fourth-order valence-electron chi connectivity index (χ4n) is 2.69. The van der Waals surface area contributed by atoms with Gasteiger partial charge in [-0.1, -0.05) is 6.07 Å². The predicted octanol–water partition coefficient (Wildman–Crippen LogP) is 1.02. The van der Waals surface area contributed by atoms with Crippen molar-refractivity contribution in [3.63, 3.8) is 0 Å². The molecule has 2 N–H and O–H groups in total. The summed E-state index contributed by atoms with van der Waals surface area (Å²) in [6, 6.07) is 4.03. The topological polar surface area (TPSA) is 138 Å².